The van der Waals surface area contributed by atoms with E-state index in [0.29, 0.717) is 18.9 Å². The molecule has 2 rings (SSSR count). The Labute approximate surface area is 125 Å². The molecule has 1 fully saturated rings. The quantitative estimate of drug-likeness (QED) is 0.580. The van der Waals surface area contributed by atoms with Crippen molar-refractivity contribution < 1.29 is 10.2 Å². The molecule has 0 radical (unpaired) electrons. The van der Waals surface area contributed by atoms with E-state index in [4.69, 9.17) is 0 Å². The third kappa shape index (κ3) is 4.82. The summed E-state index contributed by atoms with van der Waals surface area (Å²) in [5, 5.41) is 24.6. The Morgan fingerprint density at radius 1 is 1.30 bits per heavy atom. The van der Waals surface area contributed by atoms with Gasteiger partial charge in [0.25, 0.3) is 0 Å². The van der Waals surface area contributed by atoms with E-state index in [1.54, 1.807) is 11.3 Å². The molecule has 3 nitrogen and oxygen atoms in total. The molecule has 0 amide bonds. The van der Waals surface area contributed by atoms with Gasteiger partial charge < -0.3 is 15.5 Å². The molecule has 110 valence electrons. The predicted molar refractivity (Wildman–Crippen MR) is 83.7 cm³/mol. The van der Waals surface area contributed by atoms with Gasteiger partial charge in [0.15, 0.2) is 5.79 Å². The molecule has 4 heteroatoms. The molecule has 0 unspecified atom stereocenters. The number of thiophene rings is 1. The van der Waals surface area contributed by atoms with E-state index in [1.165, 1.54) is 0 Å². The van der Waals surface area contributed by atoms with Crippen LogP contribution in [0.5, 0.6) is 0 Å². The minimum absolute atomic E-state index is 0.0204. The zero-order valence-corrected chi connectivity index (χ0v) is 13.2. The monoisotopic (exact) mass is 293 g/mol. The zero-order valence-electron chi connectivity index (χ0n) is 12.4. The number of anilines is 1. The molecule has 0 atom stereocenters. The normalized spacial score (nSPS) is 19.2. The second kappa shape index (κ2) is 5.77. The van der Waals surface area contributed by atoms with Gasteiger partial charge >= 0.3 is 0 Å². The van der Waals surface area contributed by atoms with Crippen LogP contribution in [-0.4, -0.2) is 22.0 Å². The molecule has 20 heavy (non-hydrogen) atoms. The molecule has 0 saturated heterocycles. The van der Waals surface area contributed by atoms with E-state index in [9.17, 15) is 10.2 Å². The lowest BCUT2D eigenvalue weighted by Gasteiger charge is -2.32. The maximum absolute atomic E-state index is 9.52. The van der Waals surface area contributed by atoms with Gasteiger partial charge in [0, 0.05) is 35.4 Å². The summed E-state index contributed by atoms with van der Waals surface area (Å²) in [7, 11) is 0. The number of rotatable bonds is 2. The molecule has 1 aliphatic rings. The minimum Gasteiger partial charge on any atom is -0.382 e. The summed E-state index contributed by atoms with van der Waals surface area (Å²) >= 11 is 1.64. The van der Waals surface area contributed by atoms with Gasteiger partial charge in [0.2, 0.25) is 0 Å². The number of nitrogens with one attached hydrogen (secondary N) is 1. The molecule has 1 aliphatic carbocycles. The average Bonchev–Trinajstić information content (AvgIpc) is 2.76. The van der Waals surface area contributed by atoms with Gasteiger partial charge in [0.05, 0.1) is 4.88 Å². The van der Waals surface area contributed by atoms with Gasteiger partial charge in [0.1, 0.15) is 0 Å². The van der Waals surface area contributed by atoms with Crippen LogP contribution in [0.4, 0.5) is 5.69 Å². The Balaban J connectivity index is 1.92. The maximum atomic E-state index is 9.52. The van der Waals surface area contributed by atoms with Gasteiger partial charge in [-0.3, -0.25) is 0 Å². The van der Waals surface area contributed by atoms with Crippen LogP contribution >= 0.6 is 11.3 Å². The van der Waals surface area contributed by atoms with Crippen molar-refractivity contribution >= 4 is 17.0 Å². The first kappa shape index (κ1) is 15.4. The third-order valence-electron chi connectivity index (χ3n) is 3.32. The van der Waals surface area contributed by atoms with Crippen LogP contribution in [0.1, 0.15) is 51.3 Å². The fraction of sp³-hybridized carbons (Fsp3) is 0.625. The van der Waals surface area contributed by atoms with Crippen molar-refractivity contribution in [1.82, 2.24) is 0 Å². The number of hydrogen-bond acceptors (Lipinski definition) is 4. The van der Waals surface area contributed by atoms with Crippen LogP contribution in [0.15, 0.2) is 11.4 Å². The number of aliphatic hydroxyl groups is 2. The van der Waals surface area contributed by atoms with Crippen molar-refractivity contribution in [2.45, 2.75) is 58.3 Å². The van der Waals surface area contributed by atoms with Crippen LogP contribution in [0.25, 0.3) is 0 Å². The Morgan fingerprint density at radius 2 is 1.95 bits per heavy atom. The largest absolute Gasteiger partial charge is 0.382 e. The van der Waals surface area contributed by atoms with Crippen molar-refractivity contribution in [2.24, 2.45) is 5.41 Å². The molecule has 1 heterocycles. The van der Waals surface area contributed by atoms with E-state index < -0.39 is 5.79 Å². The Kier molecular flexibility index (Phi) is 4.43. The van der Waals surface area contributed by atoms with E-state index in [1.807, 2.05) is 0 Å². The second-order valence-electron chi connectivity index (χ2n) is 6.60. The summed E-state index contributed by atoms with van der Waals surface area (Å²) in [6, 6.07) is 2.39. The average molecular weight is 293 g/mol. The molecule has 0 aromatic carbocycles. The van der Waals surface area contributed by atoms with Crippen molar-refractivity contribution in [3.8, 4) is 11.8 Å². The highest BCUT2D eigenvalue weighted by atomic mass is 32.1. The van der Waals surface area contributed by atoms with Crippen LogP contribution < -0.4 is 5.32 Å². The zero-order chi connectivity index (χ0) is 14.8. The van der Waals surface area contributed by atoms with Crippen molar-refractivity contribution in [2.75, 3.05) is 5.32 Å². The smallest absolute Gasteiger partial charge is 0.162 e. The summed E-state index contributed by atoms with van der Waals surface area (Å²) in [6.07, 6.45) is 2.44. The molecule has 1 saturated carbocycles. The van der Waals surface area contributed by atoms with Crippen LogP contribution in [0.2, 0.25) is 0 Å². The molecule has 1 aromatic rings. The lowest BCUT2D eigenvalue weighted by atomic mass is 9.90. The fourth-order valence-corrected chi connectivity index (χ4v) is 2.88. The van der Waals surface area contributed by atoms with Gasteiger partial charge in [-0.1, -0.05) is 11.8 Å². The molecular formula is C16H23NO2S. The molecule has 0 bridgehead atoms. The maximum Gasteiger partial charge on any atom is 0.162 e. The van der Waals surface area contributed by atoms with Crippen LogP contribution in [0.3, 0.4) is 0 Å². The van der Waals surface area contributed by atoms with E-state index in [2.05, 4.69) is 49.4 Å². The van der Waals surface area contributed by atoms with Crippen molar-refractivity contribution in [3.63, 3.8) is 0 Å². The highest BCUT2D eigenvalue weighted by Gasteiger charge is 2.30. The molecule has 3 N–H and O–H groups in total. The Morgan fingerprint density at radius 3 is 2.55 bits per heavy atom. The van der Waals surface area contributed by atoms with E-state index in [-0.39, 0.29) is 5.41 Å². The van der Waals surface area contributed by atoms with Crippen LogP contribution in [0, 0.1) is 17.3 Å². The summed E-state index contributed by atoms with van der Waals surface area (Å²) in [6.45, 7) is 6.31. The SMILES string of the molecule is CC(C)(C)C#Cc1cc(NC2CCC(O)(O)CC2)cs1. The first-order chi connectivity index (χ1) is 9.23. The van der Waals surface area contributed by atoms with Crippen molar-refractivity contribution in [3.05, 3.63) is 16.3 Å². The van der Waals surface area contributed by atoms with E-state index in [0.717, 1.165) is 23.4 Å². The summed E-state index contributed by atoms with van der Waals surface area (Å²) in [4.78, 5) is 1.07. The summed E-state index contributed by atoms with van der Waals surface area (Å²) < 4.78 is 0. The number of hydrogen-bond donors (Lipinski definition) is 3. The highest BCUT2D eigenvalue weighted by Crippen LogP contribution is 2.29. The first-order valence-corrected chi connectivity index (χ1v) is 7.94. The Bertz CT molecular complexity index is 507. The minimum atomic E-state index is -1.46. The Hall–Kier alpha value is -1.02. The van der Waals surface area contributed by atoms with Gasteiger partial charge in [-0.05, 0) is 39.7 Å². The molecule has 0 spiro atoms. The topological polar surface area (TPSA) is 52.5 Å². The third-order valence-corrected chi connectivity index (χ3v) is 4.16. The second-order valence-corrected chi connectivity index (χ2v) is 7.51. The molecular weight excluding hydrogens is 270 g/mol. The first-order valence-electron chi connectivity index (χ1n) is 7.07. The van der Waals surface area contributed by atoms with Gasteiger partial charge in [-0.15, -0.1) is 11.3 Å². The molecule has 0 aliphatic heterocycles. The van der Waals surface area contributed by atoms with Crippen molar-refractivity contribution in [1.29, 1.82) is 0 Å². The molecule has 1 aromatic heterocycles. The van der Waals surface area contributed by atoms with Crippen LogP contribution in [-0.2, 0) is 0 Å². The lowest BCUT2D eigenvalue weighted by molar-refractivity contribution is -0.181. The van der Waals surface area contributed by atoms with E-state index >= 15 is 0 Å². The fourth-order valence-electron chi connectivity index (χ4n) is 2.19. The standard InChI is InChI=1S/C16H23NO2S/c1-15(2,3)7-6-14-10-13(11-20-14)17-12-4-8-16(18,19)9-5-12/h10-12,17-19H,4-5,8-9H2,1-3H3. The summed E-state index contributed by atoms with van der Waals surface area (Å²) in [5.74, 6) is 4.97. The van der Waals surface area contributed by atoms with Gasteiger partial charge in [-0.2, -0.15) is 0 Å². The summed E-state index contributed by atoms with van der Waals surface area (Å²) in [5.41, 5.74) is 1.11. The lowest BCUT2D eigenvalue weighted by Crippen LogP contribution is -2.37. The van der Waals surface area contributed by atoms with Gasteiger partial charge in [-0.25, -0.2) is 0 Å². The highest BCUT2D eigenvalue weighted by molar-refractivity contribution is 7.11. The predicted octanol–water partition coefficient (Wildman–Crippen LogP) is 3.18.